The third kappa shape index (κ3) is 5.37. The van der Waals surface area contributed by atoms with E-state index >= 15 is 0 Å². The third-order valence-electron chi connectivity index (χ3n) is 5.65. The number of sulfonamides is 1. The molecule has 3 rings (SSSR count). The first-order valence-corrected chi connectivity index (χ1v) is 11.9. The molecule has 33 heavy (non-hydrogen) atoms. The van der Waals surface area contributed by atoms with Crippen LogP contribution in [0.3, 0.4) is 0 Å². The Labute approximate surface area is 192 Å². The minimum atomic E-state index is -3.69. The topological polar surface area (TPSA) is 139 Å². The first-order chi connectivity index (χ1) is 15.5. The Morgan fingerprint density at radius 3 is 2.21 bits per heavy atom. The third-order valence-corrected chi connectivity index (χ3v) is 7.85. The summed E-state index contributed by atoms with van der Waals surface area (Å²) in [6.45, 7) is 5.84. The molecule has 2 aromatic rings. The Balaban J connectivity index is 1.58. The molecular formula is C22H26N4O6S. The van der Waals surface area contributed by atoms with E-state index in [1.165, 1.54) is 22.5 Å². The van der Waals surface area contributed by atoms with Crippen LogP contribution in [0.1, 0.15) is 39.9 Å². The number of nitrogens with one attached hydrogen (secondary N) is 2. The van der Waals surface area contributed by atoms with Crippen molar-refractivity contribution in [2.75, 3.05) is 13.1 Å². The van der Waals surface area contributed by atoms with Crippen LogP contribution in [0.15, 0.2) is 41.3 Å². The van der Waals surface area contributed by atoms with Crippen LogP contribution < -0.4 is 10.9 Å². The van der Waals surface area contributed by atoms with Gasteiger partial charge in [0.05, 0.1) is 9.82 Å². The molecule has 176 valence electrons. The van der Waals surface area contributed by atoms with Gasteiger partial charge in [0, 0.05) is 36.7 Å². The maximum absolute atomic E-state index is 13.2. The van der Waals surface area contributed by atoms with Crippen LogP contribution in [0, 0.1) is 36.8 Å². The average molecular weight is 475 g/mol. The summed E-state index contributed by atoms with van der Waals surface area (Å²) in [7, 11) is -3.69. The molecule has 2 N–H and O–H groups in total. The second-order valence-corrected chi connectivity index (χ2v) is 10.0. The highest BCUT2D eigenvalue weighted by atomic mass is 32.2. The molecule has 1 fully saturated rings. The average Bonchev–Trinajstić information content (AvgIpc) is 2.76. The van der Waals surface area contributed by atoms with Crippen LogP contribution in [-0.2, 0) is 14.8 Å². The molecule has 1 saturated heterocycles. The van der Waals surface area contributed by atoms with Crippen molar-refractivity contribution in [3.63, 3.8) is 0 Å². The maximum atomic E-state index is 13.2. The quantitative estimate of drug-likeness (QED) is 0.504. The summed E-state index contributed by atoms with van der Waals surface area (Å²) >= 11 is 0. The molecule has 0 atom stereocenters. The highest BCUT2D eigenvalue weighted by Crippen LogP contribution is 2.28. The van der Waals surface area contributed by atoms with Gasteiger partial charge >= 0.3 is 0 Å². The van der Waals surface area contributed by atoms with Crippen LogP contribution in [0.25, 0.3) is 0 Å². The van der Waals surface area contributed by atoms with Crippen molar-refractivity contribution < 1.29 is 22.9 Å². The number of non-ortho nitro benzene ring substituents is 1. The molecule has 2 aromatic carbocycles. The van der Waals surface area contributed by atoms with Crippen LogP contribution in [0.2, 0.25) is 0 Å². The Kier molecular flexibility index (Phi) is 7.13. The molecule has 10 nitrogen and oxygen atoms in total. The Bertz CT molecular complexity index is 1180. The van der Waals surface area contributed by atoms with Gasteiger partial charge in [-0.2, -0.15) is 4.31 Å². The molecule has 0 radical (unpaired) electrons. The molecular weight excluding hydrogens is 448 g/mol. The van der Waals surface area contributed by atoms with Gasteiger partial charge in [0.15, 0.2) is 0 Å². The molecule has 0 saturated carbocycles. The zero-order chi connectivity index (χ0) is 24.3. The number of nitro groups is 1. The Morgan fingerprint density at radius 1 is 1.03 bits per heavy atom. The van der Waals surface area contributed by atoms with Gasteiger partial charge in [-0.25, -0.2) is 8.42 Å². The number of nitrogens with zero attached hydrogens (tertiary/aromatic N) is 2. The lowest BCUT2D eigenvalue weighted by Crippen LogP contribution is -2.48. The van der Waals surface area contributed by atoms with Crippen molar-refractivity contribution >= 4 is 27.5 Å². The molecule has 0 unspecified atom stereocenters. The number of aryl methyl sites for hydroxylation is 3. The van der Waals surface area contributed by atoms with Gasteiger partial charge in [-0.3, -0.25) is 30.6 Å². The molecule has 1 aliphatic heterocycles. The number of hydrazine groups is 1. The number of hydrogen-bond acceptors (Lipinski definition) is 6. The fourth-order valence-electron chi connectivity index (χ4n) is 4.11. The van der Waals surface area contributed by atoms with E-state index in [4.69, 9.17) is 0 Å². The number of nitro benzene ring substituents is 1. The second-order valence-electron chi connectivity index (χ2n) is 8.16. The normalized spacial score (nSPS) is 15.1. The summed E-state index contributed by atoms with van der Waals surface area (Å²) in [6.07, 6.45) is 0.614. The van der Waals surface area contributed by atoms with Gasteiger partial charge in [-0.1, -0.05) is 23.8 Å². The van der Waals surface area contributed by atoms with Gasteiger partial charge in [-0.05, 0) is 50.8 Å². The lowest BCUT2D eigenvalue weighted by atomic mass is 9.98. The van der Waals surface area contributed by atoms with Crippen molar-refractivity contribution in [3.05, 3.63) is 68.8 Å². The minimum absolute atomic E-state index is 0.0363. The molecule has 0 aromatic heterocycles. The van der Waals surface area contributed by atoms with Crippen molar-refractivity contribution in [1.29, 1.82) is 0 Å². The molecule has 0 aliphatic carbocycles. The predicted molar refractivity (Wildman–Crippen MR) is 121 cm³/mol. The van der Waals surface area contributed by atoms with E-state index in [0.29, 0.717) is 28.9 Å². The first-order valence-electron chi connectivity index (χ1n) is 10.4. The number of carbonyl (C=O) groups excluding carboxylic acids is 2. The fourth-order valence-corrected chi connectivity index (χ4v) is 6.00. The lowest BCUT2D eigenvalue weighted by Gasteiger charge is -2.31. The first kappa shape index (κ1) is 24.3. The maximum Gasteiger partial charge on any atom is 0.270 e. The van der Waals surface area contributed by atoms with Gasteiger partial charge in [0.25, 0.3) is 11.6 Å². The zero-order valence-electron chi connectivity index (χ0n) is 18.6. The summed E-state index contributed by atoms with van der Waals surface area (Å²) in [5.74, 6) is -1.59. The second kappa shape index (κ2) is 9.67. The SMILES string of the molecule is Cc1cc(C)c(S(=O)(=O)N2CCC(C(=O)NNC(=O)c3cccc([N+](=O)[O-])c3)CC2)c(C)c1. The summed E-state index contributed by atoms with van der Waals surface area (Å²) in [5.41, 5.74) is 6.77. The molecule has 0 spiro atoms. The van der Waals surface area contributed by atoms with Crippen LogP contribution in [0.5, 0.6) is 0 Å². The van der Waals surface area contributed by atoms with Crippen molar-refractivity contribution in [2.24, 2.45) is 5.92 Å². The van der Waals surface area contributed by atoms with Crippen LogP contribution >= 0.6 is 0 Å². The standard InChI is InChI=1S/C22H26N4O6S/c1-14-11-15(2)20(16(3)12-14)33(31,32)25-9-7-17(8-10-25)21(27)23-24-22(28)18-5-4-6-19(13-18)26(29)30/h4-6,11-13,17H,7-10H2,1-3H3,(H,23,27)(H,24,28). The van der Waals surface area contributed by atoms with Crippen molar-refractivity contribution in [3.8, 4) is 0 Å². The fraction of sp³-hybridized carbons (Fsp3) is 0.364. The number of amides is 2. The van der Waals surface area contributed by atoms with Gasteiger partial charge < -0.3 is 0 Å². The van der Waals surface area contributed by atoms with Crippen molar-refractivity contribution in [1.82, 2.24) is 15.2 Å². The lowest BCUT2D eigenvalue weighted by molar-refractivity contribution is -0.384. The van der Waals surface area contributed by atoms with Gasteiger partial charge in [0.2, 0.25) is 15.9 Å². The smallest absolute Gasteiger partial charge is 0.270 e. The van der Waals surface area contributed by atoms with E-state index < -0.39 is 32.7 Å². The van der Waals surface area contributed by atoms with E-state index in [2.05, 4.69) is 10.9 Å². The number of benzene rings is 2. The monoisotopic (exact) mass is 474 g/mol. The number of rotatable bonds is 5. The highest BCUT2D eigenvalue weighted by Gasteiger charge is 2.33. The number of piperidine rings is 1. The summed E-state index contributed by atoms with van der Waals surface area (Å²) in [4.78, 5) is 35.2. The molecule has 11 heteroatoms. The highest BCUT2D eigenvalue weighted by molar-refractivity contribution is 7.89. The van der Waals surface area contributed by atoms with E-state index in [0.717, 1.165) is 11.6 Å². The van der Waals surface area contributed by atoms with Crippen LogP contribution in [-0.4, -0.2) is 42.6 Å². The van der Waals surface area contributed by atoms with E-state index in [1.807, 2.05) is 19.1 Å². The Morgan fingerprint density at radius 2 is 1.64 bits per heavy atom. The zero-order valence-corrected chi connectivity index (χ0v) is 19.4. The molecule has 2 amide bonds. The van der Waals surface area contributed by atoms with E-state index in [9.17, 15) is 28.1 Å². The van der Waals surface area contributed by atoms with Gasteiger partial charge in [-0.15, -0.1) is 0 Å². The molecule has 0 bridgehead atoms. The number of hydrogen-bond donors (Lipinski definition) is 2. The summed E-state index contributed by atoms with van der Waals surface area (Å²) < 4.78 is 27.8. The largest absolute Gasteiger partial charge is 0.273 e. The summed E-state index contributed by atoms with van der Waals surface area (Å²) in [5, 5.41) is 10.8. The van der Waals surface area contributed by atoms with Crippen LogP contribution in [0.4, 0.5) is 5.69 Å². The van der Waals surface area contributed by atoms with Gasteiger partial charge in [0.1, 0.15) is 0 Å². The number of carbonyl (C=O) groups is 2. The minimum Gasteiger partial charge on any atom is -0.273 e. The summed E-state index contributed by atoms with van der Waals surface area (Å²) in [6, 6.07) is 8.82. The predicted octanol–water partition coefficient (Wildman–Crippen LogP) is 2.38. The Hall–Kier alpha value is -3.31. The molecule has 1 heterocycles. The van der Waals surface area contributed by atoms with E-state index in [1.54, 1.807) is 13.8 Å². The molecule has 1 aliphatic rings. The van der Waals surface area contributed by atoms with Crippen molar-refractivity contribution in [2.45, 2.75) is 38.5 Å². The van der Waals surface area contributed by atoms with E-state index in [-0.39, 0.29) is 24.3 Å².